The number of rotatable bonds is 5. The molecule has 0 aliphatic heterocycles. The molecule has 0 unspecified atom stereocenters. The van der Waals surface area contributed by atoms with E-state index in [1.54, 1.807) is 0 Å². The Hall–Kier alpha value is -2.33. The fraction of sp³-hybridized carbons (Fsp3) is 0.200. The highest BCUT2D eigenvalue weighted by Crippen LogP contribution is 2.23. The first-order valence-corrected chi connectivity index (χ1v) is 8.99. The Balaban J connectivity index is 1.73. The van der Waals surface area contributed by atoms with Crippen molar-refractivity contribution in [3.8, 4) is 0 Å². The van der Waals surface area contributed by atoms with Crippen molar-refractivity contribution in [3.05, 3.63) is 66.7 Å². The zero-order chi connectivity index (χ0) is 16.9. The molecule has 0 spiro atoms. The predicted molar refractivity (Wildman–Crippen MR) is 102 cm³/mol. The van der Waals surface area contributed by atoms with Crippen molar-refractivity contribution in [3.63, 3.8) is 0 Å². The van der Waals surface area contributed by atoms with Crippen LogP contribution in [-0.2, 0) is 4.79 Å². The molecule has 0 bridgehead atoms. The lowest BCUT2D eigenvalue weighted by molar-refractivity contribution is -0.116. The third-order valence-corrected chi connectivity index (χ3v) is 4.65. The first kappa shape index (κ1) is 16.5. The van der Waals surface area contributed by atoms with Crippen LogP contribution in [0.25, 0.3) is 10.9 Å². The second-order valence-electron chi connectivity index (χ2n) is 5.82. The summed E-state index contributed by atoms with van der Waals surface area (Å²) in [6.07, 6.45) is 0. The molecule has 0 fully saturated rings. The predicted octanol–water partition coefficient (Wildman–Crippen LogP) is 4.77. The van der Waals surface area contributed by atoms with E-state index in [1.807, 2.05) is 85.5 Å². The van der Waals surface area contributed by atoms with Gasteiger partial charge in [0.1, 0.15) is 0 Å². The zero-order valence-electron chi connectivity index (χ0n) is 13.8. The van der Waals surface area contributed by atoms with E-state index in [2.05, 4.69) is 4.98 Å². The minimum Gasteiger partial charge on any atom is -0.309 e. The molecule has 0 aliphatic rings. The summed E-state index contributed by atoms with van der Waals surface area (Å²) in [5.41, 5.74) is 1.89. The van der Waals surface area contributed by atoms with Gasteiger partial charge >= 0.3 is 0 Å². The first-order chi connectivity index (χ1) is 11.6. The number of benzene rings is 2. The van der Waals surface area contributed by atoms with Gasteiger partial charge in [0.2, 0.25) is 5.91 Å². The van der Waals surface area contributed by atoms with Crippen LogP contribution in [0.1, 0.15) is 13.8 Å². The summed E-state index contributed by atoms with van der Waals surface area (Å²) in [7, 11) is 0. The molecule has 3 nitrogen and oxygen atoms in total. The molecule has 3 aromatic rings. The number of hydrogen-bond acceptors (Lipinski definition) is 3. The molecule has 0 saturated heterocycles. The fourth-order valence-corrected chi connectivity index (χ4v) is 3.39. The summed E-state index contributed by atoms with van der Waals surface area (Å²) in [4.78, 5) is 19.2. The van der Waals surface area contributed by atoms with Gasteiger partial charge < -0.3 is 4.90 Å². The molecule has 0 atom stereocenters. The third kappa shape index (κ3) is 3.77. The van der Waals surface area contributed by atoms with Crippen molar-refractivity contribution in [1.82, 2.24) is 4.98 Å². The average molecular weight is 336 g/mol. The van der Waals surface area contributed by atoms with Crippen molar-refractivity contribution in [2.75, 3.05) is 10.7 Å². The monoisotopic (exact) mass is 336 g/mol. The molecule has 122 valence electrons. The summed E-state index contributed by atoms with van der Waals surface area (Å²) in [5.74, 6) is 0.467. The van der Waals surface area contributed by atoms with E-state index >= 15 is 0 Å². The molecule has 2 aromatic carbocycles. The lowest BCUT2D eigenvalue weighted by Gasteiger charge is -2.26. The Labute approximate surface area is 146 Å². The van der Waals surface area contributed by atoms with Crippen LogP contribution in [0.3, 0.4) is 0 Å². The Morgan fingerprint density at radius 3 is 2.46 bits per heavy atom. The van der Waals surface area contributed by atoms with E-state index in [1.165, 1.54) is 11.8 Å². The molecule has 0 saturated carbocycles. The van der Waals surface area contributed by atoms with E-state index in [0.717, 1.165) is 21.6 Å². The summed E-state index contributed by atoms with van der Waals surface area (Å²) < 4.78 is 0. The minimum atomic E-state index is 0.0937. The standard InChI is InChI=1S/C20H20N2OS/c1-15(2)22(17-9-4-3-5-10-17)20(23)14-24-19-13-12-16-8-6-7-11-18(16)21-19/h3-13,15H,14H2,1-2H3. The van der Waals surface area contributed by atoms with Gasteiger partial charge in [-0.3, -0.25) is 4.79 Å². The van der Waals surface area contributed by atoms with E-state index < -0.39 is 0 Å². The summed E-state index contributed by atoms with van der Waals surface area (Å²) >= 11 is 1.48. The fourth-order valence-electron chi connectivity index (χ4n) is 2.65. The van der Waals surface area contributed by atoms with E-state index in [4.69, 9.17) is 0 Å². The lowest BCUT2D eigenvalue weighted by Crippen LogP contribution is -2.38. The number of para-hydroxylation sites is 2. The molecular formula is C20H20N2OS. The molecule has 0 aliphatic carbocycles. The van der Waals surface area contributed by atoms with Gasteiger partial charge in [0.05, 0.1) is 16.3 Å². The maximum Gasteiger partial charge on any atom is 0.237 e. The highest BCUT2D eigenvalue weighted by Gasteiger charge is 2.19. The number of hydrogen-bond donors (Lipinski definition) is 0. The van der Waals surface area contributed by atoms with Crippen LogP contribution in [0.15, 0.2) is 71.8 Å². The molecule has 1 heterocycles. The maximum absolute atomic E-state index is 12.7. The van der Waals surface area contributed by atoms with Crippen LogP contribution >= 0.6 is 11.8 Å². The number of carbonyl (C=O) groups is 1. The molecule has 0 radical (unpaired) electrons. The molecule has 1 amide bonds. The van der Waals surface area contributed by atoms with Crippen LogP contribution in [0.5, 0.6) is 0 Å². The number of pyridine rings is 1. The largest absolute Gasteiger partial charge is 0.309 e. The maximum atomic E-state index is 12.7. The van der Waals surface area contributed by atoms with Gasteiger partial charge in [-0.15, -0.1) is 0 Å². The van der Waals surface area contributed by atoms with Gasteiger partial charge in [-0.1, -0.05) is 54.2 Å². The van der Waals surface area contributed by atoms with Crippen molar-refractivity contribution < 1.29 is 4.79 Å². The van der Waals surface area contributed by atoms with Crippen LogP contribution in [0.4, 0.5) is 5.69 Å². The third-order valence-electron chi connectivity index (χ3n) is 3.74. The van der Waals surface area contributed by atoms with E-state index in [0.29, 0.717) is 5.75 Å². The highest BCUT2D eigenvalue weighted by molar-refractivity contribution is 7.99. The Kier molecular flexibility index (Phi) is 5.16. The molecule has 3 rings (SSSR count). The molecular weight excluding hydrogens is 316 g/mol. The van der Waals surface area contributed by atoms with Crippen molar-refractivity contribution in [2.45, 2.75) is 24.9 Å². The Morgan fingerprint density at radius 1 is 1.00 bits per heavy atom. The molecule has 4 heteroatoms. The number of anilines is 1. The number of fused-ring (bicyclic) bond motifs is 1. The van der Waals surface area contributed by atoms with Crippen molar-refractivity contribution in [1.29, 1.82) is 0 Å². The molecule has 0 N–H and O–H groups in total. The topological polar surface area (TPSA) is 33.2 Å². The van der Waals surface area contributed by atoms with Crippen molar-refractivity contribution in [2.24, 2.45) is 0 Å². The van der Waals surface area contributed by atoms with Crippen LogP contribution < -0.4 is 4.90 Å². The Morgan fingerprint density at radius 2 is 1.71 bits per heavy atom. The molecule has 24 heavy (non-hydrogen) atoms. The molecule has 1 aromatic heterocycles. The first-order valence-electron chi connectivity index (χ1n) is 8.01. The van der Waals surface area contributed by atoms with Gasteiger partial charge in [-0.2, -0.15) is 0 Å². The number of thioether (sulfide) groups is 1. The quantitative estimate of drug-likeness (QED) is 0.629. The van der Waals surface area contributed by atoms with Gasteiger partial charge in [-0.25, -0.2) is 4.98 Å². The van der Waals surface area contributed by atoms with Gasteiger partial charge in [0.15, 0.2) is 0 Å². The summed E-state index contributed by atoms with van der Waals surface area (Å²) in [5, 5.41) is 1.99. The van der Waals surface area contributed by atoms with E-state index in [-0.39, 0.29) is 11.9 Å². The van der Waals surface area contributed by atoms with Gasteiger partial charge in [0, 0.05) is 17.1 Å². The number of carbonyl (C=O) groups excluding carboxylic acids is 1. The number of aromatic nitrogens is 1. The van der Waals surface area contributed by atoms with Gasteiger partial charge in [0.25, 0.3) is 0 Å². The lowest BCUT2D eigenvalue weighted by atomic mass is 10.2. The normalized spacial score (nSPS) is 11.0. The SMILES string of the molecule is CC(C)N(C(=O)CSc1ccc2ccccc2n1)c1ccccc1. The van der Waals surface area contributed by atoms with E-state index in [9.17, 15) is 4.79 Å². The second kappa shape index (κ2) is 7.49. The number of nitrogens with zero attached hydrogens (tertiary/aromatic N) is 2. The summed E-state index contributed by atoms with van der Waals surface area (Å²) in [6.45, 7) is 4.06. The van der Waals surface area contributed by atoms with Crippen LogP contribution in [0.2, 0.25) is 0 Å². The van der Waals surface area contributed by atoms with Crippen molar-refractivity contribution >= 4 is 34.3 Å². The summed E-state index contributed by atoms with van der Waals surface area (Å²) in [6, 6.07) is 22.0. The smallest absolute Gasteiger partial charge is 0.237 e. The number of amides is 1. The van der Waals surface area contributed by atoms with Crippen LogP contribution in [0, 0.1) is 0 Å². The van der Waals surface area contributed by atoms with Gasteiger partial charge in [-0.05, 0) is 38.1 Å². The zero-order valence-corrected chi connectivity index (χ0v) is 14.7. The van der Waals surface area contributed by atoms with Crippen LogP contribution in [-0.4, -0.2) is 22.7 Å². The average Bonchev–Trinajstić information content (AvgIpc) is 2.60. The highest BCUT2D eigenvalue weighted by atomic mass is 32.2. The Bertz CT molecular complexity index is 833. The minimum absolute atomic E-state index is 0.0937. The second-order valence-corrected chi connectivity index (χ2v) is 6.82.